The first-order valence-electron chi connectivity index (χ1n) is 36.1. The first kappa shape index (κ1) is 84.7. The highest BCUT2D eigenvalue weighted by Crippen LogP contribution is 2.42. The summed E-state index contributed by atoms with van der Waals surface area (Å²) in [5.74, 6) is -3.59. The molecule has 0 aromatic carbocycles. The van der Waals surface area contributed by atoms with Crippen molar-refractivity contribution in [2.45, 2.75) is 396 Å². The molecule has 2 amide bonds. The van der Waals surface area contributed by atoms with Crippen molar-refractivity contribution in [1.82, 2.24) is 10.6 Å². The van der Waals surface area contributed by atoms with Crippen LogP contribution in [0.3, 0.4) is 0 Å². The average molecular weight is 1330 g/mol. The van der Waals surface area contributed by atoms with E-state index in [1.165, 1.54) is 77.0 Å². The van der Waals surface area contributed by atoms with Crippen LogP contribution in [-0.2, 0) is 52.0 Å². The molecular weight excluding hydrogens is 1200 g/mol. The largest absolute Gasteiger partial charge is 0.470 e. The molecule has 0 saturated carbocycles. The van der Waals surface area contributed by atoms with Crippen LogP contribution < -0.4 is 10.6 Å². The summed E-state index contributed by atoms with van der Waals surface area (Å²) in [6.45, 7) is 6.87. The molecule has 0 bridgehead atoms. The summed E-state index contributed by atoms with van der Waals surface area (Å²) in [5.41, 5.74) is 0. The van der Waals surface area contributed by atoms with E-state index in [4.69, 9.17) is 28.2 Å². The smallest absolute Gasteiger partial charge is 0.457 e. The number of rotatable bonds is 58. The Hall–Kier alpha value is -2.41. The van der Waals surface area contributed by atoms with E-state index in [9.17, 15) is 69.3 Å². The van der Waals surface area contributed by atoms with E-state index < -0.39 is 150 Å². The second-order valence-corrected chi connectivity index (χ2v) is 27.4. The third-order valence-electron chi connectivity index (χ3n) is 17.6. The molecule has 22 nitrogen and oxygen atoms in total. The van der Waals surface area contributed by atoms with Gasteiger partial charge in [0.2, 0.25) is 11.8 Å². The van der Waals surface area contributed by atoms with Gasteiger partial charge in [-0.2, -0.15) is 0 Å². The highest BCUT2D eigenvalue weighted by atomic mass is 31.2. The number of phosphoric ester groups is 1. The summed E-state index contributed by atoms with van der Waals surface area (Å²) in [4.78, 5) is 75.4. The number of amides is 2. The zero-order chi connectivity index (χ0) is 67.1. The number of esters is 2. The lowest BCUT2D eigenvalue weighted by atomic mass is 9.95. The molecule has 2 heterocycles. The maximum atomic E-state index is 14.0. The molecule has 2 aliphatic rings. The monoisotopic (exact) mass is 1320 g/mol. The SMILES string of the molecule is CCCCCCCCCCCC(O)CC(=O)N[C@@H]1C(O)OC(CO[C@@H]2OC(CO)C(OP(=O)(O)O)C(OC(=O)CC(O)CCCCCCCCCCC)[C@@H]2NC(=O)CC(O)CCCCCCCCCCC)[C@@H](O)C1OC(=O)CC(O)CCCCCCCCCCC. The fourth-order valence-electron chi connectivity index (χ4n) is 12.2. The lowest BCUT2D eigenvalue weighted by Crippen LogP contribution is -2.68. The second-order valence-electron chi connectivity index (χ2n) is 26.2. The van der Waals surface area contributed by atoms with Gasteiger partial charge in [-0.05, 0) is 25.7 Å². The minimum Gasteiger partial charge on any atom is -0.457 e. The Morgan fingerprint density at radius 2 is 0.747 bits per heavy atom. The van der Waals surface area contributed by atoms with Crippen LogP contribution in [0.1, 0.15) is 310 Å². The van der Waals surface area contributed by atoms with Crippen molar-refractivity contribution >= 4 is 31.6 Å². The van der Waals surface area contributed by atoms with E-state index in [0.29, 0.717) is 38.5 Å². The highest BCUT2D eigenvalue weighted by Gasteiger charge is 2.54. The second kappa shape index (κ2) is 52.7. The lowest BCUT2D eigenvalue weighted by molar-refractivity contribution is -0.298. The first-order valence-corrected chi connectivity index (χ1v) is 37.6. The zero-order valence-corrected chi connectivity index (χ0v) is 57.5. The molecule has 536 valence electrons. The van der Waals surface area contributed by atoms with Crippen LogP contribution in [0.25, 0.3) is 0 Å². The van der Waals surface area contributed by atoms with Crippen LogP contribution in [0.4, 0.5) is 0 Å². The third kappa shape index (κ3) is 40.7. The summed E-state index contributed by atoms with van der Waals surface area (Å²) in [6, 6.07) is -3.36. The molecule has 0 aromatic heterocycles. The van der Waals surface area contributed by atoms with Gasteiger partial charge in [-0.15, -0.1) is 0 Å². The van der Waals surface area contributed by atoms with Crippen LogP contribution in [0, 0.1) is 0 Å². The third-order valence-corrected chi connectivity index (χ3v) is 18.1. The number of hydrogen-bond donors (Lipinski definition) is 11. The topological polar surface area (TPSA) is 347 Å². The molecule has 23 heteroatoms. The van der Waals surface area contributed by atoms with Crippen molar-refractivity contribution in [1.29, 1.82) is 0 Å². The van der Waals surface area contributed by atoms with Gasteiger partial charge in [-0.1, -0.05) is 259 Å². The van der Waals surface area contributed by atoms with Gasteiger partial charge >= 0.3 is 19.8 Å². The number of aliphatic hydroxyl groups is 7. The lowest BCUT2D eigenvalue weighted by Gasteiger charge is -2.46. The molecule has 2 aliphatic heterocycles. The van der Waals surface area contributed by atoms with Crippen LogP contribution >= 0.6 is 7.82 Å². The summed E-state index contributed by atoms with van der Waals surface area (Å²) >= 11 is 0. The number of nitrogens with one attached hydrogen (secondary N) is 2. The Bertz CT molecular complexity index is 1890. The average Bonchev–Trinajstić information content (AvgIpc) is 0.855. The summed E-state index contributed by atoms with van der Waals surface area (Å²) in [5, 5.41) is 83.5. The Morgan fingerprint density at radius 1 is 0.429 bits per heavy atom. The van der Waals surface area contributed by atoms with Gasteiger partial charge in [-0.25, -0.2) is 4.57 Å². The molecule has 0 aromatic rings. The number of ether oxygens (including phenoxy) is 5. The van der Waals surface area contributed by atoms with Crippen molar-refractivity contribution in [3.05, 3.63) is 0 Å². The molecule has 2 rings (SSSR count). The Balaban J connectivity index is 2.41. The molecule has 10 unspecified atom stereocenters. The number of hydrogen-bond acceptors (Lipinski definition) is 18. The molecule has 2 saturated heterocycles. The predicted molar refractivity (Wildman–Crippen MR) is 349 cm³/mol. The van der Waals surface area contributed by atoms with Crippen molar-refractivity contribution in [2.75, 3.05) is 13.2 Å². The molecule has 0 radical (unpaired) electrons. The standard InChI is InChI=1S/C68H129N2O20P/c1-5-9-13-17-21-25-29-33-37-41-51(72)45-57(76)69-61-65(88-59(78)47-53(74)43-39-35-31-27-23-19-15-11-7-3)63(80)56(86-67(61)81)50-85-68-62(70-58(77)46-52(73)42-38-34-30-26-22-18-14-10-6-2)66(64(55(49-71)87-68)90-91(82,83)84)89-60(79)48-54(75)44-40-36-32-28-24-20-16-12-8-4/h51-56,61-68,71-75,80-81H,5-50H2,1-4H3,(H,69,76)(H,70,77)(H2,82,83,84)/t51?,52?,53?,54?,55?,56?,61-,62-,63+,64?,65?,66?,67?,68+/m0/s1. The van der Waals surface area contributed by atoms with E-state index in [1.807, 2.05) is 0 Å². The van der Waals surface area contributed by atoms with Gasteiger partial charge in [0.05, 0.1) is 63.3 Å². The van der Waals surface area contributed by atoms with Crippen LogP contribution in [0.5, 0.6) is 0 Å². The molecule has 2 fully saturated rings. The number of carbonyl (C=O) groups excluding carboxylic acids is 4. The van der Waals surface area contributed by atoms with Gasteiger partial charge in [0.1, 0.15) is 36.5 Å². The summed E-state index contributed by atoms with van der Waals surface area (Å²) in [7, 11) is -5.50. The fraction of sp³-hybridized carbons (Fsp3) is 0.941. The van der Waals surface area contributed by atoms with Crippen LogP contribution in [0.2, 0.25) is 0 Å². The van der Waals surface area contributed by atoms with E-state index in [1.54, 1.807) is 0 Å². The Morgan fingerprint density at radius 3 is 1.09 bits per heavy atom. The Labute approximate surface area is 546 Å². The summed E-state index contributed by atoms with van der Waals surface area (Å²) in [6.07, 6.45) is 17.4. The van der Waals surface area contributed by atoms with Gasteiger partial charge in [-0.3, -0.25) is 23.7 Å². The number of carbonyl (C=O) groups is 4. The van der Waals surface area contributed by atoms with E-state index in [-0.39, 0.29) is 19.3 Å². The molecular formula is C68H129N2O20P. The zero-order valence-electron chi connectivity index (χ0n) is 56.6. The molecule has 91 heavy (non-hydrogen) atoms. The van der Waals surface area contributed by atoms with Gasteiger partial charge < -0.3 is 79.9 Å². The maximum Gasteiger partial charge on any atom is 0.470 e. The number of phosphoric acid groups is 1. The van der Waals surface area contributed by atoms with Gasteiger partial charge in [0.25, 0.3) is 0 Å². The van der Waals surface area contributed by atoms with Crippen LogP contribution in [-0.4, -0.2) is 168 Å². The maximum absolute atomic E-state index is 14.0. The molecule has 14 atom stereocenters. The molecule has 0 aliphatic carbocycles. The Kier molecular flexibility index (Phi) is 49.1. The normalized spacial score (nSPS) is 23.3. The molecule has 11 N–H and O–H groups in total. The van der Waals surface area contributed by atoms with Gasteiger partial charge in [0.15, 0.2) is 24.8 Å². The first-order chi connectivity index (χ1) is 43.8. The predicted octanol–water partition coefficient (Wildman–Crippen LogP) is 10.8. The number of aliphatic hydroxyl groups excluding tert-OH is 7. The fourth-order valence-corrected chi connectivity index (χ4v) is 12.8. The van der Waals surface area contributed by atoms with Gasteiger partial charge in [0, 0.05) is 0 Å². The minimum absolute atomic E-state index is 0.237. The van der Waals surface area contributed by atoms with E-state index >= 15 is 0 Å². The van der Waals surface area contributed by atoms with E-state index in [2.05, 4.69) is 38.3 Å². The highest BCUT2D eigenvalue weighted by molar-refractivity contribution is 7.46. The van der Waals surface area contributed by atoms with Crippen molar-refractivity contribution in [2.24, 2.45) is 0 Å². The van der Waals surface area contributed by atoms with Crippen molar-refractivity contribution in [3.8, 4) is 0 Å². The number of unbranched alkanes of at least 4 members (excludes halogenated alkanes) is 32. The van der Waals surface area contributed by atoms with Crippen molar-refractivity contribution in [3.63, 3.8) is 0 Å². The summed E-state index contributed by atoms with van der Waals surface area (Å²) < 4.78 is 47.4. The van der Waals surface area contributed by atoms with Crippen molar-refractivity contribution < 1.29 is 97.5 Å². The minimum atomic E-state index is -5.50. The quantitative estimate of drug-likeness (QED) is 0.0153. The van der Waals surface area contributed by atoms with Crippen LogP contribution in [0.15, 0.2) is 0 Å². The van der Waals surface area contributed by atoms with E-state index in [0.717, 1.165) is 128 Å². The molecule has 0 spiro atoms.